The quantitative estimate of drug-likeness (QED) is 0.514. The molecule has 7 heteroatoms. The van der Waals surface area contributed by atoms with E-state index in [1.54, 1.807) is 20.4 Å². The predicted octanol–water partition coefficient (Wildman–Crippen LogP) is 4.08. The van der Waals surface area contributed by atoms with E-state index in [0.29, 0.717) is 17.2 Å². The molecule has 2 aromatic carbocycles. The number of methoxy groups -OCH3 is 2. The molecule has 0 aliphatic heterocycles. The van der Waals surface area contributed by atoms with Gasteiger partial charge in [-0.2, -0.15) is 0 Å². The topological polar surface area (TPSA) is 77.8 Å². The number of hydrogen-bond acceptors (Lipinski definition) is 5. The number of nitrogens with zero attached hydrogens (tertiary/aromatic N) is 3. The Morgan fingerprint density at radius 3 is 2.61 bits per heavy atom. The van der Waals surface area contributed by atoms with E-state index in [1.165, 1.54) is 0 Å². The standard InChI is InChI=1S/C24H22N4O3/c1-30-20-7-4-3-6-17(20)24(10-11-24)22(29)26-18-14-16(8-9-21(18)31-2)19-15-28-13-5-12-25-23(28)27-19/h3-9,12-15H,10-11H2,1-2H3,(H,26,29). The molecule has 2 aromatic heterocycles. The molecular weight excluding hydrogens is 392 g/mol. The Kier molecular flexibility index (Phi) is 4.58. The molecule has 1 amide bonds. The van der Waals surface area contributed by atoms with E-state index in [-0.39, 0.29) is 5.91 Å². The van der Waals surface area contributed by atoms with Crippen molar-refractivity contribution >= 4 is 17.4 Å². The first-order chi connectivity index (χ1) is 15.1. The van der Waals surface area contributed by atoms with Gasteiger partial charge in [-0.15, -0.1) is 0 Å². The Morgan fingerprint density at radius 2 is 1.87 bits per heavy atom. The maximum Gasteiger partial charge on any atom is 0.235 e. The summed E-state index contributed by atoms with van der Waals surface area (Å²) in [5.41, 5.74) is 2.57. The lowest BCUT2D eigenvalue weighted by Gasteiger charge is -2.19. The Morgan fingerprint density at radius 1 is 1.06 bits per heavy atom. The molecule has 1 aliphatic rings. The van der Waals surface area contributed by atoms with E-state index in [4.69, 9.17) is 9.47 Å². The number of fused-ring (bicyclic) bond motifs is 1. The zero-order valence-corrected chi connectivity index (χ0v) is 17.3. The van der Waals surface area contributed by atoms with E-state index in [2.05, 4.69) is 15.3 Å². The number of ether oxygens (including phenoxy) is 2. The second-order valence-corrected chi connectivity index (χ2v) is 7.60. The predicted molar refractivity (Wildman–Crippen MR) is 118 cm³/mol. The second-order valence-electron chi connectivity index (χ2n) is 7.60. The number of carbonyl (C=O) groups excluding carboxylic acids is 1. The molecule has 0 bridgehead atoms. The summed E-state index contributed by atoms with van der Waals surface area (Å²) in [7, 11) is 3.22. The van der Waals surface area contributed by atoms with Crippen molar-refractivity contribution in [3.63, 3.8) is 0 Å². The molecule has 156 valence electrons. The van der Waals surface area contributed by atoms with Crippen LogP contribution in [0.5, 0.6) is 11.5 Å². The fourth-order valence-corrected chi connectivity index (χ4v) is 3.96. The minimum Gasteiger partial charge on any atom is -0.496 e. The van der Waals surface area contributed by atoms with E-state index in [9.17, 15) is 4.79 Å². The van der Waals surface area contributed by atoms with Crippen molar-refractivity contribution in [2.75, 3.05) is 19.5 Å². The van der Waals surface area contributed by atoms with Crippen molar-refractivity contribution in [1.82, 2.24) is 14.4 Å². The van der Waals surface area contributed by atoms with Gasteiger partial charge in [0.1, 0.15) is 11.5 Å². The average Bonchev–Trinajstić information content (AvgIpc) is 3.51. The number of rotatable bonds is 6. The van der Waals surface area contributed by atoms with Crippen LogP contribution in [-0.2, 0) is 10.2 Å². The van der Waals surface area contributed by atoms with Gasteiger partial charge >= 0.3 is 0 Å². The van der Waals surface area contributed by atoms with Crippen molar-refractivity contribution in [3.05, 3.63) is 72.7 Å². The van der Waals surface area contributed by atoms with Crippen LogP contribution in [0, 0.1) is 0 Å². The minimum absolute atomic E-state index is 0.0656. The normalized spacial score (nSPS) is 14.3. The fraction of sp³-hybridized carbons (Fsp3) is 0.208. The van der Waals surface area contributed by atoms with Crippen LogP contribution in [0.4, 0.5) is 5.69 Å². The summed E-state index contributed by atoms with van der Waals surface area (Å²) in [6.07, 6.45) is 7.07. The first-order valence-electron chi connectivity index (χ1n) is 10.1. The zero-order chi connectivity index (χ0) is 21.4. The molecular formula is C24H22N4O3. The summed E-state index contributed by atoms with van der Waals surface area (Å²) in [5.74, 6) is 1.87. The Hall–Kier alpha value is -3.87. The molecule has 0 saturated heterocycles. The summed E-state index contributed by atoms with van der Waals surface area (Å²) in [4.78, 5) is 22.2. The Balaban J connectivity index is 1.48. The molecule has 0 spiro atoms. The molecule has 7 nitrogen and oxygen atoms in total. The molecule has 1 N–H and O–H groups in total. The van der Waals surface area contributed by atoms with Crippen LogP contribution < -0.4 is 14.8 Å². The van der Waals surface area contributed by atoms with E-state index in [1.807, 2.05) is 65.3 Å². The van der Waals surface area contributed by atoms with Gasteiger partial charge in [0.05, 0.1) is 31.0 Å². The first kappa shape index (κ1) is 19.1. The van der Waals surface area contributed by atoms with Gasteiger partial charge in [-0.1, -0.05) is 18.2 Å². The van der Waals surface area contributed by atoms with Gasteiger partial charge in [0.15, 0.2) is 0 Å². The fourth-order valence-electron chi connectivity index (χ4n) is 3.96. The van der Waals surface area contributed by atoms with E-state index < -0.39 is 5.41 Å². The monoisotopic (exact) mass is 414 g/mol. The number of anilines is 1. The summed E-state index contributed by atoms with van der Waals surface area (Å²) in [6.45, 7) is 0. The summed E-state index contributed by atoms with van der Waals surface area (Å²) in [5, 5.41) is 3.09. The SMILES string of the molecule is COc1ccc(-c2cn3cccnc3n2)cc1NC(=O)C1(c2ccccc2OC)CC1. The van der Waals surface area contributed by atoms with Crippen LogP contribution >= 0.6 is 0 Å². The highest BCUT2D eigenvalue weighted by Crippen LogP contribution is 2.52. The van der Waals surface area contributed by atoms with Crippen molar-refractivity contribution in [2.45, 2.75) is 18.3 Å². The summed E-state index contributed by atoms with van der Waals surface area (Å²) >= 11 is 0. The number of aromatic nitrogens is 3. The second kappa shape index (κ2) is 7.43. The van der Waals surface area contributed by atoms with Crippen LogP contribution in [0.15, 0.2) is 67.1 Å². The lowest BCUT2D eigenvalue weighted by atomic mass is 9.93. The largest absolute Gasteiger partial charge is 0.496 e. The van der Waals surface area contributed by atoms with Crippen molar-refractivity contribution in [3.8, 4) is 22.8 Å². The molecule has 0 radical (unpaired) electrons. The highest BCUT2D eigenvalue weighted by molar-refractivity contribution is 6.03. The highest BCUT2D eigenvalue weighted by Gasteiger charge is 2.53. The van der Waals surface area contributed by atoms with E-state index in [0.717, 1.165) is 35.4 Å². The number of imidazole rings is 1. The lowest BCUT2D eigenvalue weighted by molar-refractivity contribution is -0.118. The van der Waals surface area contributed by atoms with Gasteiger partial charge in [-0.3, -0.25) is 9.20 Å². The molecule has 0 unspecified atom stereocenters. The number of para-hydroxylation sites is 1. The maximum absolute atomic E-state index is 13.4. The van der Waals surface area contributed by atoms with Crippen LogP contribution in [0.1, 0.15) is 18.4 Å². The molecule has 2 heterocycles. The van der Waals surface area contributed by atoms with Crippen LogP contribution in [0.2, 0.25) is 0 Å². The molecule has 31 heavy (non-hydrogen) atoms. The van der Waals surface area contributed by atoms with E-state index >= 15 is 0 Å². The van der Waals surface area contributed by atoms with Crippen LogP contribution in [-0.4, -0.2) is 34.5 Å². The van der Waals surface area contributed by atoms with Gasteiger partial charge in [0, 0.05) is 29.7 Å². The van der Waals surface area contributed by atoms with Crippen molar-refractivity contribution in [2.24, 2.45) is 0 Å². The third-order valence-electron chi connectivity index (χ3n) is 5.79. The summed E-state index contributed by atoms with van der Waals surface area (Å²) < 4.78 is 12.9. The molecule has 1 fully saturated rings. The Labute approximate surface area is 179 Å². The van der Waals surface area contributed by atoms with Gasteiger partial charge in [0.25, 0.3) is 0 Å². The molecule has 5 rings (SSSR count). The number of hydrogen-bond donors (Lipinski definition) is 1. The molecule has 1 saturated carbocycles. The first-order valence-corrected chi connectivity index (χ1v) is 10.1. The number of carbonyl (C=O) groups is 1. The van der Waals surface area contributed by atoms with Gasteiger partial charge in [0.2, 0.25) is 11.7 Å². The average molecular weight is 414 g/mol. The van der Waals surface area contributed by atoms with Gasteiger partial charge in [-0.05, 0) is 43.2 Å². The Bertz CT molecular complexity index is 1240. The minimum atomic E-state index is -0.583. The maximum atomic E-state index is 13.4. The van der Waals surface area contributed by atoms with Crippen LogP contribution in [0.25, 0.3) is 17.0 Å². The molecule has 1 aliphatic carbocycles. The highest BCUT2D eigenvalue weighted by atomic mass is 16.5. The lowest BCUT2D eigenvalue weighted by Crippen LogP contribution is -2.28. The zero-order valence-electron chi connectivity index (χ0n) is 17.3. The van der Waals surface area contributed by atoms with Crippen molar-refractivity contribution in [1.29, 1.82) is 0 Å². The van der Waals surface area contributed by atoms with Crippen molar-refractivity contribution < 1.29 is 14.3 Å². The molecule has 0 atom stereocenters. The van der Waals surface area contributed by atoms with Crippen LogP contribution in [0.3, 0.4) is 0 Å². The number of amides is 1. The number of benzene rings is 2. The van der Waals surface area contributed by atoms with Gasteiger partial charge < -0.3 is 14.8 Å². The third kappa shape index (κ3) is 3.28. The smallest absolute Gasteiger partial charge is 0.235 e. The summed E-state index contributed by atoms with van der Waals surface area (Å²) in [6, 6.07) is 15.2. The molecule has 4 aromatic rings. The van der Waals surface area contributed by atoms with Gasteiger partial charge in [-0.25, -0.2) is 9.97 Å². The third-order valence-corrected chi connectivity index (χ3v) is 5.79. The number of nitrogens with one attached hydrogen (secondary N) is 1.